The standard InChI is InChI=1S/C13H14N4O2S2/c1-16-9(18)12-17(2)10(19)11(16)20-13(21-12)15-14-8-6-4-3-5-7-8/h3-7,11-12,14H,1-2H3/t11-,12-/m0/s1. The van der Waals surface area contributed by atoms with Crippen molar-refractivity contribution in [2.24, 2.45) is 5.10 Å². The zero-order valence-corrected chi connectivity index (χ0v) is 13.1. The lowest BCUT2D eigenvalue weighted by Gasteiger charge is -2.36. The van der Waals surface area contributed by atoms with Crippen LogP contribution in [-0.4, -0.2) is 50.8 Å². The van der Waals surface area contributed by atoms with Crippen molar-refractivity contribution in [3.63, 3.8) is 0 Å². The number of thioether (sulfide) groups is 2. The van der Waals surface area contributed by atoms with Gasteiger partial charge in [-0.05, 0) is 12.1 Å². The summed E-state index contributed by atoms with van der Waals surface area (Å²) in [5.74, 6) is -0.131. The second-order valence-corrected chi connectivity index (χ2v) is 7.09. The number of carbonyl (C=O) groups excluding carboxylic acids is 2. The molecule has 0 saturated carbocycles. The minimum Gasteiger partial charge on any atom is -0.322 e. The number of para-hydroxylation sites is 1. The van der Waals surface area contributed by atoms with Gasteiger partial charge in [0, 0.05) is 14.1 Å². The molecule has 3 saturated heterocycles. The van der Waals surface area contributed by atoms with E-state index in [1.54, 1.807) is 14.1 Å². The van der Waals surface area contributed by atoms with Crippen LogP contribution in [0.4, 0.5) is 5.69 Å². The Balaban J connectivity index is 1.83. The van der Waals surface area contributed by atoms with Gasteiger partial charge in [0.05, 0.1) is 5.69 Å². The van der Waals surface area contributed by atoms with Crippen molar-refractivity contribution in [2.75, 3.05) is 19.5 Å². The van der Waals surface area contributed by atoms with Crippen LogP contribution in [-0.2, 0) is 9.59 Å². The van der Waals surface area contributed by atoms with Gasteiger partial charge >= 0.3 is 0 Å². The molecular formula is C13H14N4O2S2. The minimum atomic E-state index is -0.537. The number of benzene rings is 1. The average Bonchev–Trinajstić information content (AvgIpc) is 2.71. The Morgan fingerprint density at radius 3 is 2.05 bits per heavy atom. The molecule has 4 rings (SSSR count). The zero-order valence-electron chi connectivity index (χ0n) is 11.5. The smallest absolute Gasteiger partial charge is 0.257 e. The first-order valence-corrected chi connectivity index (χ1v) is 8.09. The van der Waals surface area contributed by atoms with E-state index in [-0.39, 0.29) is 11.8 Å². The van der Waals surface area contributed by atoms with Gasteiger partial charge in [0.2, 0.25) is 0 Å². The van der Waals surface area contributed by atoms with Crippen LogP contribution in [0, 0.1) is 0 Å². The number of hydrogen-bond acceptors (Lipinski definition) is 6. The zero-order chi connectivity index (χ0) is 15.0. The second-order valence-electron chi connectivity index (χ2n) is 4.69. The van der Waals surface area contributed by atoms with Gasteiger partial charge < -0.3 is 9.80 Å². The number of rotatable bonds is 2. The molecule has 8 heteroatoms. The summed E-state index contributed by atoms with van der Waals surface area (Å²) < 4.78 is 0.684. The monoisotopic (exact) mass is 322 g/mol. The van der Waals surface area contributed by atoms with Gasteiger partial charge in [-0.25, -0.2) is 0 Å². The number of anilines is 1. The van der Waals surface area contributed by atoms with Gasteiger partial charge in [-0.1, -0.05) is 41.7 Å². The molecule has 0 unspecified atom stereocenters. The molecule has 0 spiro atoms. The number of piperazine rings is 1. The molecule has 2 amide bonds. The number of carbonyl (C=O) groups is 2. The highest BCUT2D eigenvalue weighted by Crippen LogP contribution is 2.39. The molecule has 110 valence electrons. The van der Waals surface area contributed by atoms with Crippen LogP contribution < -0.4 is 5.43 Å². The summed E-state index contributed by atoms with van der Waals surface area (Å²) in [5, 5.41) is 3.25. The van der Waals surface area contributed by atoms with E-state index < -0.39 is 10.7 Å². The Kier molecular flexibility index (Phi) is 3.81. The lowest BCUT2D eigenvalue weighted by molar-refractivity contribution is -0.150. The fourth-order valence-corrected chi connectivity index (χ4v) is 4.47. The third-order valence-electron chi connectivity index (χ3n) is 3.30. The first kappa shape index (κ1) is 14.3. The summed E-state index contributed by atoms with van der Waals surface area (Å²) >= 11 is 2.60. The van der Waals surface area contributed by atoms with Gasteiger partial charge in [-0.15, -0.1) is 0 Å². The van der Waals surface area contributed by atoms with Gasteiger partial charge in [0.25, 0.3) is 11.8 Å². The fraction of sp³-hybridized carbons (Fsp3) is 0.308. The van der Waals surface area contributed by atoms with Gasteiger partial charge in [-0.2, -0.15) is 5.10 Å². The Morgan fingerprint density at radius 1 is 1.00 bits per heavy atom. The quantitative estimate of drug-likeness (QED) is 0.835. The molecule has 3 fully saturated rings. The molecule has 6 nitrogen and oxygen atoms in total. The SMILES string of the molecule is CN1C(=O)[C@@H]2SC(=NNc3ccccc3)S[C@H]1C(=O)N2C. The summed E-state index contributed by atoms with van der Waals surface area (Å²) in [6.45, 7) is 0. The molecule has 1 aromatic carbocycles. The summed E-state index contributed by atoms with van der Waals surface area (Å²) in [5.41, 5.74) is 3.82. The van der Waals surface area contributed by atoms with Crippen molar-refractivity contribution in [3.8, 4) is 0 Å². The van der Waals surface area contributed by atoms with E-state index >= 15 is 0 Å². The highest BCUT2D eigenvalue weighted by atomic mass is 32.2. The Bertz CT molecular complexity index is 577. The minimum absolute atomic E-state index is 0.0653. The molecule has 1 N–H and O–H groups in total. The molecule has 2 atom stereocenters. The van der Waals surface area contributed by atoms with E-state index in [4.69, 9.17) is 0 Å². The van der Waals surface area contributed by atoms with Gasteiger partial charge in [0.15, 0.2) is 15.1 Å². The number of amides is 2. The van der Waals surface area contributed by atoms with Crippen molar-refractivity contribution in [1.82, 2.24) is 9.80 Å². The van der Waals surface area contributed by atoms with Crippen molar-refractivity contribution in [2.45, 2.75) is 10.7 Å². The number of hydrazone groups is 1. The molecular weight excluding hydrogens is 308 g/mol. The molecule has 1 aromatic rings. The molecule has 3 heterocycles. The average molecular weight is 322 g/mol. The fourth-order valence-electron chi connectivity index (χ4n) is 2.06. The van der Waals surface area contributed by atoms with Crippen LogP contribution in [0.2, 0.25) is 0 Å². The van der Waals surface area contributed by atoms with Crippen LogP contribution in [0.5, 0.6) is 0 Å². The highest BCUT2D eigenvalue weighted by Gasteiger charge is 2.48. The number of nitrogens with one attached hydrogen (secondary N) is 1. The topological polar surface area (TPSA) is 65.0 Å². The maximum absolute atomic E-state index is 12.2. The lowest BCUT2D eigenvalue weighted by atomic mass is 10.3. The summed E-state index contributed by atoms with van der Waals surface area (Å²) in [4.78, 5) is 27.4. The van der Waals surface area contributed by atoms with Gasteiger partial charge in [-0.3, -0.25) is 15.0 Å². The Labute approximate surface area is 130 Å². The molecule has 0 aromatic heterocycles. The van der Waals surface area contributed by atoms with Crippen LogP contribution in [0.15, 0.2) is 35.4 Å². The van der Waals surface area contributed by atoms with E-state index in [9.17, 15) is 9.59 Å². The number of likely N-dealkylation sites (N-methyl/N-ethyl adjacent to an activating group) is 2. The van der Waals surface area contributed by atoms with Crippen LogP contribution in [0.25, 0.3) is 0 Å². The third-order valence-corrected chi connectivity index (χ3v) is 5.94. The third kappa shape index (κ3) is 2.60. The second kappa shape index (κ2) is 5.61. The summed E-state index contributed by atoms with van der Waals surface area (Å²) in [7, 11) is 3.32. The van der Waals surface area contributed by atoms with Crippen LogP contribution >= 0.6 is 23.5 Å². The Morgan fingerprint density at radius 2 is 1.52 bits per heavy atom. The number of nitrogens with zero attached hydrogens (tertiary/aromatic N) is 3. The normalized spacial score (nSPS) is 25.1. The largest absolute Gasteiger partial charge is 0.322 e. The Hall–Kier alpha value is -1.67. The van der Waals surface area contributed by atoms with Crippen molar-refractivity contribution >= 4 is 45.4 Å². The molecule has 3 aliphatic heterocycles. The maximum Gasteiger partial charge on any atom is 0.257 e. The first-order valence-electron chi connectivity index (χ1n) is 6.33. The van der Waals surface area contributed by atoms with E-state index in [0.29, 0.717) is 4.38 Å². The maximum atomic E-state index is 12.2. The summed E-state index contributed by atoms with van der Waals surface area (Å²) in [6, 6.07) is 9.55. The highest BCUT2D eigenvalue weighted by molar-refractivity contribution is 8.40. The molecule has 2 bridgehead atoms. The predicted octanol–water partition coefficient (Wildman–Crippen LogP) is 1.43. The van der Waals surface area contributed by atoms with E-state index in [2.05, 4.69) is 10.5 Å². The summed E-state index contributed by atoms with van der Waals surface area (Å²) in [6.07, 6.45) is 0. The van der Waals surface area contributed by atoms with Crippen LogP contribution in [0.3, 0.4) is 0 Å². The number of hydrogen-bond donors (Lipinski definition) is 1. The van der Waals surface area contributed by atoms with E-state index in [1.807, 2.05) is 30.3 Å². The molecule has 3 aliphatic rings. The van der Waals surface area contributed by atoms with E-state index in [0.717, 1.165) is 5.69 Å². The van der Waals surface area contributed by atoms with Crippen molar-refractivity contribution < 1.29 is 9.59 Å². The molecule has 0 radical (unpaired) electrons. The molecule has 0 aliphatic carbocycles. The van der Waals surface area contributed by atoms with Crippen molar-refractivity contribution in [3.05, 3.63) is 30.3 Å². The van der Waals surface area contributed by atoms with Crippen LogP contribution in [0.1, 0.15) is 0 Å². The molecule has 21 heavy (non-hydrogen) atoms. The predicted molar refractivity (Wildman–Crippen MR) is 85.8 cm³/mol. The van der Waals surface area contributed by atoms with E-state index in [1.165, 1.54) is 33.3 Å². The first-order chi connectivity index (χ1) is 10.1. The van der Waals surface area contributed by atoms with Gasteiger partial charge in [0.1, 0.15) is 0 Å². The lowest BCUT2D eigenvalue weighted by Crippen LogP contribution is -2.58. The van der Waals surface area contributed by atoms with Crippen molar-refractivity contribution in [1.29, 1.82) is 0 Å². The number of fused-ring (bicyclic) bond motifs is 4.